The summed E-state index contributed by atoms with van der Waals surface area (Å²) in [5, 5.41) is 11.2. The minimum Gasteiger partial charge on any atom is -0.462 e. The summed E-state index contributed by atoms with van der Waals surface area (Å²) in [6.07, 6.45) is 0.858. The number of fused-ring (bicyclic) bond motifs is 1. The first-order valence-corrected chi connectivity index (χ1v) is 8.88. The molecule has 1 heterocycles. The molecule has 134 valence electrons. The van der Waals surface area contributed by atoms with Crippen LogP contribution in [-0.2, 0) is 19.1 Å². The average molecular weight is 336 g/mol. The Morgan fingerprint density at radius 3 is 2.62 bits per heavy atom. The maximum atomic E-state index is 12.5. The molecule has 0 radical (unpaired) electrons. The van der Waals surface area contributed by atoms with Crippen LogP contribution in [0.5, 0.6) is 0 Å². The van der Waals surface area contributed by atoms with E-state index >= 15 is 0 Å². The van der Waals surface area contributed by atoms with Crippen molar-refractivity contribution in [1.29, 1.82) is 0 Å². The lowest BCUT2D eigenvalue weighted by molar-refractivity contribution is -0.168. The van der Waals surface area contributed by atoms with Crippen molar-refractivity contribution in [3.05, 3.63) is 12.2 Å². The lowest BCUT2D eigenvalue weighted by atomic mass is 9.61. The van der Waals surface area contributed by atoms with E-state index in [0.717, 1.165) is 6.42 Å². The van der Waals surface area contributed by atoms with Gasteiger partial charge in [-0.15, -0.1) is 0 Å². The number of carbonyl (C=O) groups is 2. The minimum absolute atomic E-state index is 0.170. The number of ether oxygens (including phenoxy) is 2. The molecule has 5 heteroatoms. The normalized spacial score (nSPS) is 44.8. The maximum Gasteiger partial charge on any atom is 0.319 e. The number of hydrogen-bond acceptors (Lipinski definition) is 5. The van der Waals surface area contributed by atoms with Crippen LogP contribution in [0, 0.1) is 28.6 Å². The highest BCUT2D eigenvalue weighted by Crippen LogP contribution is 2.65. The Hall–Kier alpha value is -1.36. The summed E-state index contributed by atoms with van der Waals surface area (Å²) < 4.78 is 11.0. The predicted molar refractivity (Wildman–Crippen MR) is 87.9 cm³/mol. The molecular formula is C19H28O5. The van der Waals surface area contributed by atoms with E-state index in [2.05, 4.69) is 20.4 Å². The van der Waals surface area contributed by atoms with Gasteiger partial charge >= 0.3 is 11.9 Å². The van der Waals surface area contributed by atoms with Gasteiger partial charge in [0.25, 0.3) is 0 Å². The fourth-order valence-corrected chi connectivity index (χ4v) is 5.04. The first-order valence-electron chi connectivity index (χ1n) is 8.88. The monoisotopic (exact) mass is 336 g/mol. The smallest absolute Gasteiger partial charge is 0.319 e. The molecule has 1 spiro atoms. The first kappa shape index (κ1) is 17.5. The molecule has 0 aromatic carbocycles. The summed E-state index contributed by atoms with van der Waals surface area (Å²) >= 11 is 0. The van der Waals surface area contributed by atoms with Gasteiger partial charge in [-0.3, -0.25) is 9.59 Å². The molecule has 2 saturated carbocycles. The number of aliphatic hydroxyl groups excluding tert-OH is 1. The van der Waals surface area contributed by atoms with Gasteiger partial charge in [0.15, 0.2) is 0 Å². The van der Waals surface area contributed by atoms with Gasteiger partial charge in [-0.25, -0.2) is 0 Å². The van der Waals surface area contributed by atoms with Crippen molar-refractivity contribution in [3.8, 4) is 0 Å². The van der Waals surface area contributed by atoms with Crippen LogP contribution >= 0.6 is 0 Å². The van der Waals surface area contributed by atoms with Gasteiger partial charge in [-0.2, -0.15) is 0 Å². The molecule has 2 aliphatic carbocycles. The molecule has 0 amide bonds. The molecule has 6 unspecified atom stereocenters. The van der Waals surface area contributed by atoms with Crippen molar-refractivity contribution in [2.24, 2.45) is 28.6 Å². The first-order chi connectivity index (χ1) is 11.1. The van der Waals surface area contributed by atoms with Crippen LogP contribution in [0.2, 0.25) is 0 Å². The Morgan fingerprint density at radius 1 is 1.42 bits per heavy atom. The molecule has 3 rings (SSSR count). The largest absolute Gasteiger partial charge is 0.462 e. The van der Waals surface area contributed by atoms with Crippen molar-refractivity contribution in [2.45, 2.75) is 59.2 Å². The number of hydrogen-bond donors (Lipinski definition) is 1. The molecule has 5 nitrogen and oxygen atoms in total. The average Bonchev–Trinajstić information content (AvgIpc) is 2.93. The van der Waals surface area contributed by atoms with Crippen molar-refractivity contribution in [2.75, 3.05) is 6.61 Å². The van der Waals surface area contributed by atoms with Gasteiger partial charge in [0, 0.05) is 5.92 Å². The van der Waals surface area contributed by atoms with Gasteiger partial charge in [-0.05, 0) is 36.2 Å². The van der Waals surface area contributed by atoms with Gasteiger partial charge in [0.1, 0.15) is 18.1 Å². The third-order valence-corrected chi connectivity index (χ3v) is 6.79. The molecule has 0 aromatic rings. The van der Waals surface area contributed by atoms with Crippen LogP contribution in [0.1, 0.15) is 47.0 Å². The van der Waals surface area contributed by atoms with E-state index in [0.29, 0.717) is 24.3 Å². The second-order valence-corrected chi connectivity index (χ2v) is 8.41. The van der Waals surface area contributed by atoms with Crippen LogP contribution in [-0.4, -0.2) is 35.9 Å². The van der Waals surface area contributed by atoms with E-state index in [1.807, 2.05) is 0 Å². The zero-order chi connectivity index (χ0) is 17.9. The molecular weight excluding hydrogens is 308 g/mol. The summed E-state index contributed by atoms with van der Waals surface area (Å²) in [7, 11) is 0. The summed E-state index contributed by atoms with van der Waals surface area (Å²) in [5.74, 6) is -0.790. The van der Waals surface area contributed by atoms with Crippen LogP contribution in [0.3, 0.4) is 0 Å². The van der Waals surface area contributed by atoms with Crippen LogP contribution in [0.25, 0.3) is 0 Å². The summed E-state index contributed by atoms with van der Waals surface area (Å²) in [6.45, 7) is 12.0. The summed E-state index contributed by atoms with van der Waals surface area (Å²) in [6, 6.07) is 0. The number of esters is 2. The third kappa shape index (κ3) is 2.17. The van der Waals surface area contributed by atoms with E-state index in [1.165, 1.54) is 0 Å². The summed E-state index contributed by atoms with van der Waals surface area (Å²) in [4.78, 5) is 24.6. The van der Waals surface area contributed by atoms with Crippen molar-refractivity contribution >= 4 is 11.9 Å². The Morgan fingerprint density at radius 2 is 2.08 bits per heavy atom. The van der Waals surface area contributed by atoms with Crippen molar-refractivity contribution < 1.29 is 24.2 Å². The number of aliphatic hydroxyl groups is 1. The minimum atomic E-state index is -1.04. The quantitative estimate of drug-likeness (QED) is 0.619. The molecule has 24 heavy (non-hydrogen) atoms. The fourth-order valence-electron chi connectivity index (χ4n) is 5.04. The molecule has 1 saturated heterocycles. The highest BCUT2D eigenvalue weighted by molar-refractivity contribution is 5.85. The Labute approximate surface area is 143 Å². The second kappa shape index (κ2) is 5.58. The van der Waals surface area contributed by atoms with Crippen molar-refractivity contribution in [3.63, 3.8) is 0 Å². The van der Waals surface area contributed by atoms with Crippen LogP contribution in [0.15, 0.2) is 12.2 Å². The van der Waals surface area contributed by atoms with E-state index in [9.17, 15) is 14.7 Å². The molecule has 6 atom stereocenters. The maximum absolute atomic E-state index is 12.5. The predicted octanol–water partition coefficient (Wildman–Crippen LogP) is 2.47. The van der Waals surface area contributed by atoms with E-state index in [1.54, 1.807) is 13.8 Å². The number of carbonyl (C=O) groups excluding carboxylic acids is 2. The molecule has 0 bridgehead atoms. The van der Waals surface area contributed by atoms with Crippen LogP contribution in [0.4, 0.5) is 0 Å². The lowest BCUT2D eigenvalue weighted by Crippen LogP contribution is -2.49. The molecule has 3 fully saturated rings. The van der Waals surface area contributed by atoms with E-state index < -0.39 is 11.5 Å². The number of cyclic esters (lactones) is 1. The van der Waals surface area contributed by atoms with E-state index in [4.69, 9.17) is 9.47 Å². The lowest BCUT2D eigenvalue weighted by Gasteiger charge is -2.46. The standard InChI is InChI=1S/C19H28O5/c1-10(2)16(21)24-13-7-6-11(3)18(5)9-19(15(20)14(13)18)12(4)8-23-17(19)22/h10-11,13-15,20H,4,6-9H2,1-3,5H3. The van der Waals surface area contributed by atoms with E-state index in [-0.39, 0.29) is 41.9 Å². The van der Waals surface area contributed by atoms with Crippen LogP contribution < -0.4 is 0 Å². The third-order valence-electron chi connectivity index (χ3n) is 6.79. The fraction of sp³-hybridized carbons (Fsp3) is 0.789. The zero-order valence-electron chi connectivity index (χ0n) is 15.0. The Kier molecular flexibility index (Phi) is 4.06. The summed E-state index contributed by atoms with van der Waals surface area (Å²) in [5.41, 5.74) is -0.677. The van der Waals surface area contributed by atoms with Crippen molar-refractivity contribution in [1.82, 2.24) is 0 Å². The highest BCUT2D eigenvalue weighted by atomic mass is 16.6. The van der Waals surface area contributed by atoms with Gasteiger partial charge in [0.2, 0.25) is 0 Å². The SMILES string of the molecule is C=C1COC(=O)C12CC1(C)C(C)CCC(OC(=O)C(C)C)C1C2O. The topological polar surface area (TPSA) is 72.8 Å². The van der Waals surface area contributed by atoms with Gasteiger partial charge in [0.05, 0.1) is 12.0 Å². The molecule has 1 aliphatic heterocycles. The Balaban J connectivity index is 1.98. The highest BCUT2D eigenvalue weighted by Gasteiger charge is 2.70. The molecule has 0 aromatic heterocycles. The Bertz CT molecular complexity index is 564. The number of rotatable bonds is 2. The zero-order valence-corrected chi connectivity index (χ0v) is 15.0. The second-order valence-electron chi connectivity index (χ2n) is 8.41. The molecule has 3 aliphatic rings. The van der Waals surface area contributed by atoms with Gasteiger partial charge < -0.3 is 14.6 Å². The van der Waals surface area contributed by atoms with Gasteiger partial charge in [-0.1, -0.05) is 34.3 Å². The molecule has 1 N–H and O–H groups in total.